The molecule has 0 bridgehead atoms. The average molecular weight is 380 g/mol. The molecular formula is C25H20N2O2. The van der Waals surface area contributed by atoms with Crippen LogP contribution >= 0.6 is 0 Å². The fraction of sp³-hybridized carbons (Fsp3) is 0.0400. The first-order valence-corrected chi connectivity index (χ1v) is 9.38. The van der Waals surface area contributed by atoms with Crippen LogP contribution in [0.2, 0.25) is 0 Å². The van der Waals surface area contributed by atoms with Crippen LogP contribution in [0.4, 0.5) is 11.4 Å². The van der Waals surface area contributed by atoms with Crippen LogP contribution in [0.1, 0.15) is 11.1 Å². The molecule has 3 aromatic carbocycles. The van der Waals surface area contributed by atoms with Crippen molar-refractivity contribution < 1.29 is 9.59 Å². The number of rotatable bonds is 5. The molecule has 0 fully saturated rings. The predicted octanol–water partition coefficient (Wildman–Crippen LogP) is 4.97. The standard InChI is InChI=1S/C25H20N2O2/c1-17-12-14-18(15-13-17)23-24(27-20-10-6-3-7-11-20)22(28)16-21(25(23)29)26-19-8-4-2-5-9-19/h2-16,26-27H,1H3. The minimum Gasteiger partial charge on any atom is -0.352 e. The average Bonchev–Trinajstić information content (AvgIpc) is 2.74. The molecule has 3 aromatic rings. The van der Waals surface area contributed by atoms with Crippen LogP contribution in [0.5, 0.6) is 0 Å². The number of Topliss-reactive ketones (excluding diaryl/α,β-unsaturated/α-hetero) is 1. The number of aryl methyl sites for hydroxylation is 1. The van der Waals surface area contributed by atoms with E-state index in [4.69, 9.17) is 0 Å². The Morgan fingerprint density at radius 2 is 1.21 bits per heavy atom. The quantitative estimate of drug-likeness (QED) is 0.614. The van der Waals surface area contributed by atoms with E-state index in [9.17, 15) is 9.59 Å². The van der Waals surface area contributed by atoms with E-state index in [0.29, 0.717) is 11.1 Å². The third-order valence-electron chi connectivity index (χ3n) is 4.68. The van der Waals surface area contributed by atoms with E-state index in [1.54, 1.807) is 0 Å². The van der Waals surface area contributed by atoms with Crippen LogP contribution in [-0.2, 0) is 9.59 Å². The fourth-order valence-corrected chi connectivity index (χ4v) is 3.20. The van der Waals surface area contributed by atoms with Gasteiger partial charge in [0.1, 0.15) is 0 Å². The molecule has 0 radical (unpaired) electrons. The minimum atomic E-state index is -0.248. The first kappa shape index (κ1) is 18.4. The lowest BCUT2D eigenvalue weighted by Crippen LogP contribution is -2.26. The number of carbonyl (C=O) groups is 2. The Morgan fingerprint density at radius 3 is 1.79 bits per heavy atom. The van der Waals surface area contributed by atoms with Gasteiger partial charge in [0.25, 0.3) is 0 Å². The van der Waals surface area contributed by atoms with Crippen molar-refractivity contribution in [2.45, 2.75) is 6.92 Å². The zero-order valence-electron chi connectivity index (χ0n) is 16.0. The summed E-state index contributed by atoms with van der Waals surface area (Å²) >= 11 is 0. The van der Waals surface area contributed by atoms with Gasteiger partial charge < -0.3 is 10.6 Å². The number of nitrogens with one attached hydrogen (secondary N) is 2. The molecule has 1 aliphatic rings. The van der Waals surface area contributed by atoms with Crippen LogP contribution in [-0.4, -0.2) is 11.6 Å². The summed E-state index contributed by atoms with van der Waals surface area (Å²) in [5.74, 6) is -0.474. The van der Waals surface area contributed by atoms with Gasteiger partial charge in [0, 0.05) is 17.5 Å². The number of carbonyl (C=O) groups excluding carboxylic acids is 2. The van der Waals surface area contributed by atoms with Gasteiger partial charge in [0.2, 0.25) is 11.6 Å². The Hall–Kier alpha value is -3.92. The third kappa shape index (κ3) is 4.01. The summed E-state index contributed by atoms with van der Waals surface area (Å²) in [5.41, 5.74) is 4.19. The first-order chi connectivity index (χ1) is 14.1. The lowest BCUT2D eigenvalue weighted by Gasteiger charge is -2.21. The summed E-state index contributed by atoms with van der Waals surface area (Å²) in [6.07, 6.45) is 1.36. The Bertz CT molecular complexity index is 1110. The molecule has 4 rings (SSSR count). The molecule has 0 atom stereocenters. The van der Waals surface area contributed by atoms with E-state index < -0.39 is 0 Å². The fourth-order valence-electron chi connectivity index (χ4n) is 3.20. The van der Waals surface area contributed by atoms with Gasteiger partial charge in [0.05, 0.1) is 17.0 Å². The zero-order valence-corrected chi connectivity index (χ0v) is 16.0. The second-order valence-electron chi connectivity index (χ2n) is 6.85. The second-order valence-corrected chi connectivity index (χ2v) is 6.85. The van der Waals surface area contributed by atoms with Crippen molar-refractivity contribution in [3.8, 4) is 0 Å². The van der Waals surface area contributed by atoms with Gasteiger partial charge in [-0.05, 0) is 36.8 Å². The van der Waals surface area contributed by atoms with Crippen LogP contribution < -0.4 is 10.6 Å². The smallest absolute Gasteiger partial charge is 0.212 e. The van der Waals surface area contributed by atoms with Crippen molar-refractivity contribution in [3.63, 3.8) is 0 Å². The Morgan fingerprint density at radius 1 is 0.655 bits per heavy atom. The van der Waals surface area contributed by atoms with Crippen molar-refractivity contribution >= 4 is 28.5 Å². The minimum absolute atomic E-state index is 0.226. The normalized spacial score (nSPS) is 13.9. The number of hydrogen-bond donors (Lipinski definition) is 2. The van der Waals surface area contributed by atoms with Gasteiger partial charge in [-0.1, -0.05) is 66.2 Å². The Labute approximate surface area is 169 Å². The first-order valence-electron chi connectivity index (χ1n) is 9.38. The van der Waals surface area contributed by atoms with Crippen molar-refractivity contribution in [3.05, 3.63) is 114 Å². The number of allylic oxidation sites excluding steroid dienone is 2. The molecule has 0 unspecified atom stereocenters. The van der Waals surface area contributed by atoms with Crippen molar-refractivity contribution in [2.24, 2.45) is 0 Å². The molecule has 0 aromatic heterocycles. The van der Waals surface area contributed by atoms with Gasteiger partial charge in [0.15, 0.2) is 0 Å². The molecule has 1 aliphatic carbocycles. The highest BCUT2D eigenvalue weighted by atomic mass is 16.1. The molecule has 29 heavy (non-hydrogen) atoms. The van der Waals surface area contributed by atoms with Gasteiger partial charge in [-0.25, -0.2) is 0 Å². The van der Waals surface area contributed by atoms with Crippen LogP contribution in [0.25, 0.3) is 5.57 Å². The molecule has 0 saturated carbocycles. The number of benzene rings is 3. The van der Waals surface area contributed by atoms with Crippen LogP contribution in [0.3, 0.4) is 0 Å². The zero-order chi connectivity index (χ0) is 20.2. The predicted molar refractivity (Wildman–Crippen MR) is 116 cm³/mol. The molecule has 4 nitrogen and oxygen atoms in total. The molecule has 0 heterocycles. The number of hydrogen-bond acceptors (Lipinski definition) is 4. The maximum absolute atomic E-state index is 13.4. The molecule has 0 amide bonds. The van der Waals surface area contributed by atoms with Gasteiger partial charge >= 0.3 is 0 Å². The molecule has 0 spiro atoms. The molecule has 4 heteroatoms. The van der Waals surface area contributed by atoms with Crippen molar-refractivity contribution in [2.75, 3.05) is 10.6 Å². The summed E-state index contributed by atoms with van der Waals surface area (Å²) in [6, 6.07) is 26.3. The maximum Gasteiger partial charge on any atom is 0.212 e. The highest BCUT2D eigenvalue weighted by Gasteiger charge is 2.30. The van der Waals surface area contributed by atoms with Crippen molar-refractivity contribution in [1.29, 1.82) is 0 Å². The Balaban J connectivity index is 1.77. The van der Waals surface area contributed by atoms with Gasteiger partial charge in [-0.2, -0.15) is 0 Å². The summed E-state index contributed by atoms with van der Waals surface area (Å²) in [6.45, 7) is 1.98. The van der Waals surface area contributed by atoms with E-state index in [0.717, 1.165) is 16.9 Å². The largest absolute Gasteiger partial charge is 0.352 e. The highest BCUT2D eigenvalue weighted by molar-refractivity contribution is 6.39. The molecule has 0 saturated heterocycles. The van der Waals surface area contributed by atoms with E-state index in [2.05, 4.69) is 10.6 Å². The lowest BCUT2D eigenvalue weighted by molar-refractivity contribution is -0.114. The summed E-state index contributed by atoms with van der Waals surface area (Å²) < 4.78 is 0. The number of para-hydroxylation sites is 2. The lowest BCUT2D eigenvalue weighted by atomic mass is 9.90. The summed E-state index contributed by atoms with van der Waals surface area (Å²) in [5, 5.41) is 6.23. The van der Waals surface area contributed by atoms with Crippen LogP contribution in [0, 0.1) is 6.92 Å². The summed E-state index contributed by atoms with van der Waals surface area (Å²) in [7, 11) is 0. The van der Waals surface area contributed by atoms with Gasteiger partial charge in [-0.3, -0.25) is 9.59 Å². The van der Waals surface area contributed by atoms with E-state index in [1.165, 1.54) is 6.08 Å². The second kappa shape index (κ2) is 7.98. The molecule has 0 aliphatic heterocycles. The highest BCUT2D eigenvalue weighted by Crippen LogP contribution is 2.30. The molecular weight excluding hydrogens is 360 g/mol. The molecule has 142 valence electrons. The SMILES string of the molecule is Cc1ccc(C2=C(Nc3ccccc3)C(=O)C=C(Nc3ccccc3)C2=O)cc1. The van der Waals surface area contributed by atoms with Gasteiger partial charge in [-0.15, -0.1) is 0 Å². The van der Waals surface area contributed by atoms with Crippen LogP contribution in [0.15, 0.2) is 102 Å². The third-order valence-corrected chi connectivity index (χ3v) is 4.68. The maximum atomic E-state index is 13.4. The van der Waals surface area contributed by atoms with E-state index in [-0.39, 0.29) is 23.0 Å². The topological polar surface area (TPSA) is 58.2 Å². The number of anilines is 2. The van der Waals surface area contributed by atoms with Crippen molar-refractivity contribution in [1.82, 2.24) is 0 Å². The van der Waals surface area contributed by atoms with E-state index >= 15 is 0 Å². The summed E-state index contributed by atoms with van der Waals surface area (Å²) in [4.78, 5) is 26.4. The van der Waals surface area contributed by atoms with E-state index in [1.807, 2.05) is 91.9 Å². The Kier molecular flexibility index (Phi) is 5.08. The molecule has 2 N–H and O–H groups in total. The number of ketones is 2. The monoisotopic (exact) mass is 380 g/mol.